The lowest BCUT2D eigenvalue weighted by Gasteiger charge is -2.23. The fourth-order valence-corrected chi connectivity index (χ4v) is 3.15. The van der Waals surface area contributed by atoms with E-state index in [9.17, 15) is 5.11 Å². The number of aliphatic hydroxyl groups is 1. The van der Waals surface area contributed by atoms with Gasteiger partial charge in [0.05, 0.1) is 12.6 Å². The van der Waals surface area contributed by atoms with E-state index in [0.29, 0.717) is 24.8 Å². The molecule has 1 unspecified atom stereocenters. The van der Waals surface area contributed by atoms with Gasteiger partial charge in [0.15, 0.2) is 5.82 Å². The van der Waals surface area contributed by atoms with Crippen LogP contribution in [-0.4, -0.2) is 26.7 Å². The van der Waals surface area contributed by atoms with Gasteiger partial charge in [0.1, 0.15) is 0 Å². The molecular formula is C17H19N3O2S. The predicted molar refractivity (Wildman–Crippen MR) is 88.9 cm³/mol. The smallest absolute Gasteiger partial charge is 0.223 e. The predicted octanol–water partition coefficient (Wildman–Crippen LogP) is 3.18. The summed E-state index contributed by atoms with van der Waals surface area (Å²) in [4.78, 5) is 6.39. The highest BCUT2D eigenvalue weighted by Crippen LogP contribution is 2.19. The first-order chi connectivity index (χ1) is 11.2. The van der Waals surface area contributed by atoms with Crippen molar-refractivity contribution in [3.63, 3.8) is 0 Å². The molecule has 0 saturated heterocycles. The van der Waals surface area contributed by atoms with E-state index < -0.39 is 6.10 Å². The van der Waals surface area contributed by atoms with Crippen LogP contribution >= 0.6 is 11.3 Å². The van der Waals surface area contributed by atoms with Crippen LogP contribution in [-0.2, 0) is 13.1 Å². The molecule has 5 nitrogen and oxygen atoms in total. The van der Waals surface area contributed by atoms with Crippen LogP contribution in [0.15, 0.2) is 51.7 Å². The zero-order valence-electron chi connectivity index (χ0n) is 12.9. The van der Waals surface area contributed by atoms with Crippen LogP contribution in [0.3, 0.4) is 0 Å². The second kappa shape index (κ2) is 7.50. The van der Waals surface area contributed by atoms with E-state index in [4.69, 9.17) is 4.52 Å². The molecule has 2 aromatic heterocycles. The molecule has 1 N–H and O–H groups in total. The SMILES string of the molecule is Cc1nc(CN(Cc2ccccc2)CC(O)c2ccsc2)no1. The molecule has 0 radical (unpaired) electrons. The van der Waals surface area contributed by atoms with Gasteiger partial charge in [0.2, 0.25) is 5.89 Å². The molecule has 0 fully saturated rings. The summed E-state index contributed by atoms with van der Waals surface area (Å²) in [6.07, 6.45) is -0.530. The molecule has 0 aliphatic rings. The van der Waals surface area contributed by atoms with Crippen LogP contribution in [0.25, 0.3) is 0 Å². The maximum absolute atomic E-state index is 10.4. The molecule has 0 saturated carbocycles. The Morgan fingerprint density at radius 3 is 2.70 bits per heavy atom. The highest BCUT2D eigenvalue weighted by atomic mass is 32.1. The molecule has 3 aromatic rings. The minimum atomic E-state index is -0.530. The normalized spacial score (nSPS) is 12.7. The molecule has 1 atom stereocenters. The zero-order chi connectivity index (χ0) is 16.1. The molecule has 0 aliphatic heterocycles. The summed E-state index contributed by atoms with van der Waals surface area (Å²) in [5.74, 6) is 1.19. The van der Waals surface area contributed by atoms with Gasteiger partial charge in [-0.3, -0.25) is 4.90 Å². The van der Waals surface area contributed by atoms with Crippen molar-refractivity contribution in [1.29, 1.82) is 0 Å². The molecular weight excluding hydrogens is 310 g/mol. The van der Waals surface area contributed by atoms with Gasteiger partial charge in [0.25, 0.3) is 0 Å². The lowest BCUT2D eigenvalue weighted by atomic mass is 10.1. The van der Waals surface area contributed by atoms with Crippen molar-refractivity contribution in [3.05, 3.63) is 70.0 Å². The summed E-state index contributed by atoms with van der Waals surface area (Å²) in [7, 11) is 0. The van der Waals surface area contributed by atoms with Gasteiger partial charge in [-0.15, -0.1) is 0 Å². The van der Waals surface area contributed by atoms with Crippen molar-refractivity contribution in [2.45, 2.75) is 26.1 Å². The number of aromatic nitrogens is 2. The molecule has 2 heterocycles. The van der Waals surface area contributed by atoms with E-state index >= 15 is 0 Å². The van der Waals surface area contributed by atoms with E-state index in [2.05, 4.69) is 27.2 Å². The number of hydrogen-bond acceptors (Lipinski definition) is 6. The van der Waals surface area contributed by atoms with Crippen molar-refractivity contribution >= 4 is 11.3 Å². The fraction of sp³-hybridized carbons (Fsp3) is 0.294. The van der Waals surface area contributed by atoms with Crippen molar-refractivity contribution in [2.24, 2.45) is 0 Å². The van der Waals surface area contributed by atoms with Crippen molar-refractivity contribution in [3.8, 4) is 0 Å². The third kappa shape index (κ3) is 4.48. The van der Waals surface area contributed by atoms with Crippen LogP contribution in [0.5, 0.6) is 0 Å². The Morgan fingerprint density at radius 2 is 2.04 bits per heavy atom. The third-order valence-electron chi connectivity index (χ3n) is 3.54. The van der Waals surface area contributed by atoms with Crippen LogP contribution in [0.1, 0.15) is 28.9 Å². The fourth-order valence-electron chi connectivity index (χ4n) is 2.45. The van der Waals surface area contributed by atoms with E-state index in [1.165, 1.54) is 5.56 Å². The van der Waals surface area contributed by atoms with Gasteiger partial charge in [0, 0.05) is 20.0 Å². The van der Waals surface area contributed by atoms with E-state index in [-0.39, 0.29) is 0 Å². The maximum atomic E-state index is 10.4. The molecule has 0 amide bonds. The highest BCUT2D eigenvalue weighted by Gasteiger charge is 2.17. The number of hydrogen-bond donors (Lipinski definition) is 1. The molecule has 0 bridgehead atoms. The first kappa shape index (κ1) is 15.9. The molecule has 0 aliphatic carbocycles. The number of rotatable bonds is 7. The maximum Gasteiger partial charge on any atom is 0.223 e. The zero-order valence-corrected chi connectivity index (χ0v) is 13.7. The van der Waals surface area contributed by atoms with E-state index in [1.807, 2.05) is 35.0 Å². The molecule has 0 spiro atoms. The van der Waals surface area contributed by atoms with Gasteiger partial charge in [-0.2, -0.15) is 16.3 Å². The Morgan fingerprint density at radius 1 is 1.22 bits per heavy atom. The average Bonchev–Trinajstić information content (AvgIpc) is 3.20. The lowest BCUT2D eigenvalue weighted by molar-refractivity contribution is 0.103. The monoisotopic (exact) mass is 329 g/mol. The summed E-state index contributed by atoms with van der Waals surface area (Å²) in [5.41, 5.74) is 2.13. The lowest BCUT2D eigenvalue weighted by Crippen LogP contribution is -2.28. The van der Waals surface area contributed by atoms with Crippen LogP contribution in [0.4, 0.5) is 0 Å². The third-order valence-corrected chi connectivity index (χ3v) is 4.24. The summed E-state index contributed by atoms with van der Waals surface area (Å²) >= 11 is 1.59. The largest absolute Gasteiger partial charge is 0.387 e. The molecule has 6 heteroatoms. The standard InChI is InChI=1S/C17H19N3O2S/c1-13-18-17(19-22-13)11-20(9-14-5-3-2-4-6-14)10-16(21)15-7-8-23-12-15/h2-8,12,16,21H,9-11H2,1H3. The van der Waals surface area contributed by atoms with Gasteiger partial charge < -0.3 is 9.63 Å². The van der Waals surface area contributed by atoms with Crippen LogP contribution in [0, 0.1) is 6.92 Å². The Labute approximate surface area is 139 Å². The van der Waals surface area contributed by atoms with Crippen molar-refractivity contribution < 1.29 is 9.63 Å². The van der Waals surface area contributed by atoms with E-state index in [1.54, 1.807) is 18.3 Å². The molecule has 23 heavy (non-hydrogen) atoms. The average molecular weight is 329 g/mol. The Balaban J connectivity index is 1.72. The summed E-state index contributed by atoms with van der Waals surface area (Å²) in [6, 6.07) is 12.1. The van der Waals surface area contributed by atoms with Crippen LogP contribution in [0.2, 0.25) is 0 Å². The van der Waals surface area contributed by atoms with Gasteiger partial charge in [-0.05, 0) is 28.0 Å². The van der Waals surface area contributed by atoms with Gasteiger partial charge in [-0.25, -0.2) is 0 Å². The Bertz CT molecular complexity index is 713. The Hall–Kier alpha value is -2.02. The number of aliphatic hydroxyl groups excluding tert-OH is 1. The molecule has 3 rings (SSSR count). The molecule has 120 valence electrons. The second-order valence-corrected chi connectivity index (χ2v) is 6.24. The van der Waals surface area contributed by atoms with Gasteiger partial charge >= 0.3 is 0 Å². The highest BCUT2D eigenvalue weighted by molar-refractivity contribution is 7.07. The van der Waals surface area contributed by atoms with Crippen LogP contribution < -0.4 is 0 Å². The minimum absolute atomic E-state index is 0.513. The number of nitrogens with zero attached hydrogens (tertiary/aromatic N) is 3. The topological polar surface area (TPSA) is 62.4 Å². The quantitative estimate of drug-likeness (QED) is 0.721. The molecule has 1 aromatic carbocycles. The number of benzene rings is 1. The second-order valence-electron chi connectivity index (χ2n) is 5.46. The number of thiophene rings is 1. The van der Waals surface area contributed by atoms with Crippen molar-refractivity contribution in [2.75, 3.05) is 6.54 Å². The van der Waals surface area contributed by atoms with Crippen molar-refractivity contribution in [1.82, 2.24) is 15.0 Å². The first-order valence-corrected chi connectivity index (χ1v) is 8.40. The summed E-state index contributed by atoms with van der Waals surface area (Å²) < 4.78 is 5.04. The number of aryl methyl sites for hydroxylation is 1. The van der Waals surface area contributed by atoms with Gasteiger partial charge in [-0.1, -0.05) is 35.5 Å². The first-order valence-electron chi connectivity index (χ1n) is 7.46. The minimum Gasteiger partial charge on any atom is -0.387 e. The summed E-state index contributed by atoms with van der Waals surface area (Å²) in [5, 5.41) is 18.4. The van der Waals surface area contributed by atoms with E-state index in [0.717, 1.165) is 12.1 Å². The Kier molecular flexibility index (Phi) is 5.17. The summed E-state index contributed by atoms with van der Waals surface area (Å²) in [6.45, 7) is 3.54.